The summed E-state index contributed by atoms with van der Waals surface area (Å²) in [5.41, 5.74) is 1.54. The summed E-state index contributed by atoms with van der Waals surface area (Å²) in [5, 5.41) is 10.9. The summed E-state index contributed by atoms with van der Waals surface area (Å²) in [6.07, 6.45) is 8.46. The SMILES string of the molecule is CCC(NC(=O)c1ccn(C2CCCNC2)n1)c1ccncc1.Cl. The number of carbonyl (C=O) groups excluding carboxylic acids is 1. The Kier molecular flexibility index (Phi) is 6.75. The molecule has 1 aliphatic heterocycles. The standard InChI is InChI=1S/C17H23N5O.ClH/c1-2-15(13-5-9-18-10-6-13)20-17(23)16-7-11-22(21-16)14-4-3-8-19-12-14;/h5-7,9-11,14-15,19H,2-4,8,12H2,1H3,(H,20,23);1H. The van der Waals surface area contributed by atoms with E-state index >= 15 is 0 Å². The van der Waals surface area contributed by atoms with Gasteiger partial charge < -0.3 is 10.6 Å². The number of piperidine rings is 1. The van der Waals surface area contributed by atoms with Crippen molar-refractivity contribution in [2.75, 3.05) is 13.1 Å². The number of halogens is 1. The molecule has 1 fully saturated rings. The highest BCUT2D eigenvalue weighted by molar-refractivity contribution is 5.92. The van der Waals surface area contributed by atoms with Gasteiger partial charge >= 0.3 is 0 Å². The summed E-state index contributed by atoms with van der Waals surface area (Å²) in [6, 6.07) is 5.98. The zero-order valence-electron chi connectivity index (χ0n) is 13.8. The van der Waals surface area contributed by atoms with Gasteiger partial charge in [0.2, 0.25) is 0 Å². The van der Waals surface area contributed by atoms with E-state index in [-0.39, 0.29) is 24.4 Å². The van der Waals surface area contributed by atoms with E-state index in [1.165, 1.54) is 0 Å². The van der Waals surface area contributed by atoms with E-state index in [0.717, 1.165) is 37.9 Å². The van der Waals surface area contributed by atoms with Gasteiger partial charge in [-0.15, -0.1) is 12.4 Å². The van der Waals surface area contributed by atoms with Crippen molar-refractivity contribution in [3.05, 3.63) is 48.0 Å². The molecule has 1 saturated heterocycles. The van der Waals surface area contributed by atoms with Gasteiger partial charge in [-0.2, -0.15) is 5.10 Å². The Hall–Kier alpha value is -1.92. The number of amides is 1. The molecule has 3 heterocycles. The molecule has 2 atom stereocenters. The first-order valence-electron chi connectivity index (χ1n) is 8.24. The predicted molar refractivity (Wildman–Crippen MR) is 95.4 cm³/mol. The monoisotopic (exact) mass is 349 g/mol. The van der Waals surface area contributed by atoms with Gasteiger partial charge in [-0.3, -0.25) is 14.5 Å². The molecule has 0 saturated carbocycles. The zero-order chi connectivity index (χ0) is 16.1. The van der Waals surface area contributed by atoms with Gasteiger partial charge in [0, 0.05) is 25.1 Å². The zero-order valence-corrected chi connectivity index (χ0v) is 14.6. The van der Waals surface area contributed by atoms with Crippen LogP contribution in [0.2, 0.25) is 0 Å². The topological polar surface area (TPSA) is 71.8 Å². The molecule has 2 aromatic heterocycles. The van der Waals surface area contributed by atoms with Crippen LogP contribution in [0.25, 0.3) is 0 Å². The number of hydrogen-bond donors (Lipinski definition) is 2. The Morgan fingerprint density at radius 3 is 2.88 bits per heavy atom. The van der Waals surface area contributed by atoms with Crippen molar-refractivity contribution in [3.63, 3.8) is 0 Å². The molecule has 2 aromatic rings. The number of nitrogens with zero attached hydrogens (tertiary/aromatic N) is 3. The van der Waals surface area contributed by atoms with E-state index in [9.17, 15) is 4.79 Å². The third-order valence-electron chi connectivity index (χ3n) is 4.31. The van der Waals surface area contributed by atoms with Crippen LogP contribution < -0.4 is 10.6 Å². The molecule has 3 rings (SSSR count). The predicted octanol–water partition coefficient (Wildman–Crippen LogP) is 2.51. The molecule has 24 heavy (non-hydrogen) atoms. The summed E-state index contributed by atoms with van der Waals surface area (Å²) in [6.45, 7) is 4.03. The summed E-state index contributed by atoms with van der Waals surface area (Å²) in [4.78, 5) is 16.5. The minimum absolute atomic E-state index is 0. The molecule has 7 heteroatoms. The van der Waals surface area contributed by atoms with Crippen molar-refractivity contribution in [1.82, 2.24) is 25.4 Å². The quantitative estimate of drug-likeness (QED) is 0.870. The Balaban J connectivity index is 0.00000208. The van der Waals surface area contributed by atoms with Gasteiger partial charge in [-0.05, 0) is 49.6 Å². The van der Waals surface area contributed by atoms with E-state index < -0.39 is 0 Å². The number of rotatable bonds is 5. The molecule has 6 nitrogen and oxygen atoms in total. The highest BCUT2D eigenvalue weighted by Gasteiger charge is 2.19. The highest BCUT2D eigenvalue weighted by Crippen LogP contribution is 2.18. The molecule has 2 N–H and O–H groups in total. The summed E-state index contributed by atoms with van der Waals surface area (Å²) >= 11 is 0. The molecule has 130 valence electrons. The second-order valence-electron chi connectivity index (χ2n) is 5.90. The van der Waals surface area contributed by atoms with Crippen molar-refractivity contribution >= 4 is 18.3 Å². The number of nitrogens with one attached hydrogen (secondary N) is 2. The van der Waals surface area contributed by atoms with Crippen molar-refractivity contribution in [2.24, 2.45) is 0 Å². The van der Waals surface area contributed by atoms with Crippen LogP contribution in [-0.2, 0) is 0 Å². The van der Waals surface area contributed by atoms with Crippen molar-refractivity contribution in [3.8, 4) is 0 Å². The average Bonchev–Trinajstić information content (AvgIpc) is 3.11. The fourth-order valence-corrected chi connectivity index (χ4v) is 2.97. The minimum Gasteiger partial charge on any atom is -0.344 e. The molecule has 0 aliphatic carbocycles. The van der Waals surface area contributed by atoms with Crippen molar-refractivity contribution in [1.29, 1.82) is 0 Å². The highest BCUT2D eigenvalue weighted by atomic mass is 35.5. The lowest BCUT2D eigenvalue weighted by molar-refractivity contribution is 0.0929. The average molecular weight is 350 g/mol. The van der Waals surface area contributed by atoms with E-state index in [1.54, 1.807) is 18.5 Å². The van der Waals surface area contributed by atoms with Crippen LogP contribution in [0.15, 0.2) is 36.8 Å². The molecule has 2 unspecified atom stereocenters. The van der Waals surface area contributed by atoms with Gasteiger partial charge in [0.15, 0.2) is 0 Å². The van der Waals surface area contributed by atoms with E-state index in [0.29, 0.717) is 11.7 Å². The summed E-state index contributed by atoms with van der Waals surface area (Å²) < 4.78 is 1.91. The first kappa shape index (κ1) is 18.4. The number of pyridine rings is 1. The Labute approximate surface area is 148 Å². The number of hydrogen-bond acceptors (Lipinski definition) is 4. The third kappa shape index (κ3) is 4.33. The third-order valence-corrected chi connectivity index (χ3v) is 4.31. The van der Waals surface area contributed by atoms with Crippen LogP contribution >= 0.6 is 12.4 Å². The lowest BCUT2D eigenvalue weighted by atomic mass is 10.1. The van der Waals surface area contributed by atoms with E-state index in [1.807, 2.05) is 23.0 Å². The van der Waals surface area contributed by atoms with Crippen LogP contribution in [0.5, 0.6) is 0 Å². The molecule has 0 aromatic carbocycles. The summed E-state index contributed by atoms with van der Waals surface area (Å²) in [7, 11) is 0. The van der Waals surface area contributed by atoms with Crippen LogP contribution in [0.3, 0.4) is 0 Å². The van der Waals surface area contributed by atoms with Crippen molar-refractivity contribution in [2.45, 2.75) is 38.3 Å². The molecular weight excluding hydrogens is 326 g/mol. The van der Waals surface area contributed by atoms with Crippen molar-refractivity contribution < 1.29 is 4.79 Å². The van der Waals surface area contributed by atoms with Gasteiger partial charge in [0.1, 0.15) is 5.69 Å². The number of carbonyl (C=O) groups is 1. The first-order valence-corrected chi connectivity index (χ1v) is 8.24. The maximum absolute atomic E-state index is 12.5. The molecule has 0 spiro atoms. The second kappa shape index (κ2) is 8.80. The molecule has 1 amide bonds. The van der Waals surface area contributed by atoms with Gasteiger partial charge in [0.05, 0.1) is 12.1 Å². The Morgan fingerprint density at radius 1 is 1.42 bits per heavy atom. The van der Waals surface area contributed by atoms with E-state index in [4.69, 9.17) is 0 Å². The molecule has 1 aliphatic rings. The van der Waals surface area contributed by atoms with Gasteiger partial charge in [0.25, 0.3) is 5.91 Å². The lowest BCUT2D eigenvalue weighted by Gasteiger charge is -2.23. The lowest BCUT2D eigenvalue weighted by Crippen LogP contribution is -2.32. The fourth-order valence-electron chi connectivity index (χ4n) is 2.97. The molecular formula is C17H24ClN5O. The van der Waals surface area contributed by atoms with Crippen LogP contribution in [0, 0.1) is 0 Å². The van der Waals surface area contributed by atoms with Gasteiger partial charge in [-0.25, -0.2) is 0 Å². The van der Waals surface area contributed by atoms with Gasteiger partial charge in [-0.1, -0.05) is 6.92 Å². The van der Waals surface area contributed by atoms with Crippen LogP contribution in [0.4, 0.5) is 0 Å². The minimum atomic E-state index is -0.129. The Morgan fingerprint density at radius 2 is 2.21 bits per heavy atom. The largest absolute Gasteiger partial charge is 0.344 e. The number of aromatic nitrogens is 3. The van der Waals surface area contributed by atoms with Crippen LogP contribution in [0.1, 0.15) is 54.3 Å². The summed E-state index contributed by atoms with van der Waals surface area (Å²) in [5.74, 6) is -0.129. The smallest absolute Gasteiger partial charge is 0.272 e. The van der Waals surface area contributed by atoms with E-state index in [2.05, 4.69) is 27.6 Å². The maximum atomic E-state index is 12.5. The Bertz CT molecular complexity index is 639. The fraction of sp³-hybridized carbons (Fsp3) is 0.471. The molecule has 0 radical (unpaired) electrons. The van der Waals surface area contributed by atoms with Crippen LogP contribution in [-0.4, -0.2) is 33.8 Å². The first-order chi connectivity index (χ1) is 11.3. The second-order valence-corrected chi connectivity index (χ2v) is 5.90. The normalized spacial score (nSPS) is 18.5. The maximum Gasteiger partial charge on any atom is 0.272 e. The molecule has 0 bridgehead atoms.